The molecule has 1 unspecified atom stereocenters. The van der Waals surface area contributed by atoms with Gasteiger partial charge in [-0.05, 0) is 12.8 Å². The van der Waals surface area contributed by atoms with Gasteiger partial charge in [0.15, 0.2) is 0 Å². The van der Waals surface area contributed by atoms with Crippen molar-refractivity contribution in [3.8, 4) is 0 Å². The van der Waals surface area contributed by atoms with E-state index >= 15 is 0 Å². The molecule has 0 spiro atoms. The Balaban J connectivity index is 3.70. The van der Waals surface area contributed by atoms with Crippen LogP contribution in [0.15, 0.2) is 0 Å². The molecular formula is C14H26O2. The molecule has 0 saturated carbocycles. The first-order valence-corrected chi connectivity index (χ1v) is 6.74. The minimum atomic E-state index is -0.325. The Hall–Kier alpha value is -0.660. The van der Waals surface area contributed by atoms with E-state index in [4.69, 9.17) is 0 Å². The average Bonchev–Trinajstić information content (AvgIpc) is 2.29. The number of carbonyl (C=O) groups is 2. The molecule has 0 rings (SSSR count). The summed E-state index contributed by atoms with van der Waals surface area (Å²) in [6, 6.07) is 0. The summed E-state index contributed by atoms with van der Waals surface area (Å²) in [5.74, 6) is -0.173. The third-order valence-electron chi connectivity index (χ3n) is 2.97. The first-order valence-electron chi connectivity index (χ1n) is 6.74. The first kappa shape index (κ1) is 15.3. The van der Waals surface area contributed by atoms with E-state index in [9.17, 15) is 9.59 Å². The fourth-order valence-electron chi connectivity index (χ4n) is 1.83. The first-order chi connectivity index (χ1) is 7.76. The predicted molar refractivity (Wildman–Crippen MR) is 67.5 cm³/mol. The van der Waals surface area contributed by atoms with Crippen molar-refractivity contribution in [2.75, 3.05) is 0 Å². The van der Waals surface area contributed by atoms with Crippen molar-refractivity contribution in [1.82, 2.24) is 0 Å². The third-order valence-corrected chi connectivity index (χ3v) is 2.97. The minimum absolute atomic E-state index is 0.153. The molecule has 0 aliphatic heterocycles. The van der Waals surface area contributed by atoms with Crippen molar-refractivity contribution in [3.63, 3.8) is 0 Å². The Morgan fingerprint density at radius 2 is 1.62 bits per heavy atom. The van der Waals surface area contributed by atoms with Crippen LogP contribution in [0.25, 0.3) is 0 Å². The molecule has 0 aromatic heterocycles. The quantitative estimate of drug-likeness (QED) is 0.304. The monoisotopic (exact) mass is 226 g/mol. The van der Waals surface area contributed by atoms with E-state index in [0.29, 0.717) is 6.42 Å². The molecule has 0 aliphatic carbocycles. The highest BCUT2D eigenvalue weighted by Gasteiger charge is 2.16. The van der Waals surface area contributed by atoms with Gasteiger partial charge in [-0.15, -0.1) is 0 Å². The van der Waals surface area contributed by atoms with Crippen LogP contribution in [0, 0.1) is 5.92 Å². The lowest BCUT2D eigenvalue weighted by Gasteiger charge is -2.08. The van der Waals surface area contributed by atoms with Crippen LogP contribution in [0.4, 0.5) is 0 Å². The Morgan fingerprint density at radius 3 is 2.19 bits per heavy atom. The zero-order valence-corrected chi connectivity index (χ0v) is 10.8. The maximum atomic E-state index is 11.7. The Labute approximate surface area is 99.8 Å². The number of carbonyl (C=O) groups excluding carboxylic acids is 2. The van der Waals surface area contributed by atoms with Gasteiger partial charge in [0.05, 0.1) is 5.92 Å². The molecule has 0 radical (unpaired) electrons. The lowest BCUT2D eigenvalue weighted by molar-refractivity contribution is -0.127. The summed E-state index contributed by atoms with van der Waals surface area (Å²) >= 11 is 0. The summed E-state index contributed by atoms with van der Waals surface area (Å²) < 4.78 is 0. The van der Waals surface area contributed by atoms with Gasteiger partial charge >= 0.3 is 0 Å². The molecule has 0 amide bonds. The highest BCUT2D eigenvalue weighted by molar-refractivity contribution is 5.93. The Bertz CT molecular complexity index is 187. The second kappa shape index (κ2) is 10.8. The van der Waals surface area contributed by atoms with Crippen molar-refractivity contribution < 1.29 is 9.59 Å². The highest BCUT2D eigenvalue weighted by atomic mass is 16.1. The second-order valence-electron chi connectivity index (χ2n) is 4.52. The van der Waals surface area contributed by atoms with Gasteiger partial charge in [-0.3, -0.25) is 4.79 Å². The summed E-state index contributed by atoms with van der Waals surface area (Å²) in [5.41, 5.74) is 0. The SMILES string of the molecule is CCCCCCC(C=O)C(=O)CCCCC. The van der Waals surface area contributed by atoms with E-state index in [1.165, 1.54) is 12.8 Å². The largest absolute Gasteiger partial charge is 0.303 e. The summed E-state index contributed by atoms with van der Waals surface area (Å²) in [4.78, 5) is 22.5. The van der Waals surface area contributed by atoms with Crippen LogP contribution < -0.4 is 0 Å². The van der Waals surface area contributed by atoms with E-state index in [2.05, 4.69) is 13.8 Å². The summed E-state index contributed by atoms with van der Waals surface area (Å²) in [5, 5.41) is 0. The maximum Gasteiger partial charge on any atom is 0.143 e. The highest BCUT2D eigenvalue weighted by Crippen LogP contribution is 2.13. The fraction of sp³-hybridized carbons (Fsp3) is 0.857. The number of aldehydes is 1. The third kappa shape index (κ3) is 7.61. The van der Waals surface area contributed by atoms with Crippen LogP contribution in [0.2, 0.25) is 0 Å². The Kier molecular flexibility index (Phi) is 10.4. The topological polar surface area (TPSA) is 34.1 Å². The second-order valence-corrected chi connectivity index (χ2v) is 4.52. The van der Waals surface area contributed by atoms with E-state index in [1.54, 1.807) is 0 Å². The van der Waals surface area contributed by atoms with Crippen LogP contribution >= 0.6 is 0 Å². The van der Waals surface area contributed by atoms with Crippen molar-refractivity contribution in [2.45, 2.75) is 71.6 Å². The molecule has 0 aromatic rings. The van der Waals surface area contributed by atoms with Crippen LogP contribution in [-0.2, 0) is 9.59 Å². The number of unbranched alkanes of at least 4 members (excludes halogenated alkanes) is 5. The van der Waals surface area contributed by atoms with Gasteiger partial charge < -0.3 is 4.79 Å². The van der Waals surface area contributed by atoms with Crippen LogP contribution in [0.3, 0.4) is 0 Å². The number of Topliss-reactive ketones (excluding diaryl/α,β-unsaturated/α-hetero) is 1. The van der Waals surface area contributed by atoms with E-state index < -0.39 is 0 Å². The number of ketones is 1. The standard InChI is InChI=1S/C14H26O2/c1-3-5-7-9-10-13(12-15)14(16)11-8-6-4-2/h12-13H,3-11H2,1-2H3. The number of hydrogen-bond acceptors (Lipinski definition) is 2. The fourth-order valence-corrected chi connectivity index (χ4v) is 1.83. The molecular weight excluding hydrogens is 200 g/mol. The van der Waals surface area contributed by atoms with E-state index in [1.807, 2.05) is 0 Å². The van der Waals surface area contributed by atoms with Crippen molar-refractivity contribution in [1.29, 1.82) is 0 Å². The zero-order chi connectivity index (χ0) is 12.2. The summed E-state index contributed by atoms with van der Waals surface area (Å²) in [7, 11) is 0. The van der Waals surface area contributed by atoms with Gasteiger partial charge in [0.25, 0.3) is 0 Å². The number of hydrogen-bond donors (Lipinski definition) is 0. The number of rotatable bonds is 11. The molecule has 0 aromatic carbocycles. The van der Waals surface area contributed by atoms with Crippen LogP contribution in [0.1, 0.15) is 71.6 Å². The van der Waals surface area contributed by atoms with Gasteiger partial charge in [0.2, 0.25) is 0 Å². The molecule has 0 aliphatic rings. The van der Waals surface area contributed by atoms with Gasteiger partial charge in [-0.25, -0.2) is 0 Å². The summed E-state index contributed by atoms with van der Waals surface area (Å²) in [6.07, 6.45) is 9.89. The minimum Gasteiger partial charge on any atom is -0.303 e. The molecule has 0 bridgehead atoms. The Morgan fingerprint density at radius 1 is 1.00 bits per heavy atom. The molecule has 0 heterocycles. The van der Waals surface area contributed by atoms with Crippen molar-refractivity contribution >= 4 is 12.1 Å². The molecule has 0 saturated heterocycles. The molecule has 0 N–H and O–H groups in total. The zero-order valence-electron chi connectivity index (χ0n) is 10.8. The molecule has 94 valence electrons. The lowest BCUT2D eigenvalue weighted by Crippen LogP contribution is -2.15. The summed E-state index contributed by atoms with van der Waals surface area (Å²) in [6.45, 7) is 4.28. The van der Waals surface area contributed by atoms with Crippen molar-refractivity contribution in [2.24, 2.45) is 5.92 Å². The molecule has 0 fully saturated rings. The van der Waals surface area contributed by atoms with E-state index in [-0.39, 0.29) is 11.7 Å². The molecule has 16 heavy (non-hydrogen) atoms. The molecule has 2 heteroatoms. The lowest BCUT2D eigenvalue weighted by atomic mass is 9.94. The van der Waals surface area contributed by atoms with E-state index in [0.717, 1.165) is 44.8 Å². The van der Waals surface area contributed by atoms with Gasteiger partial charge in [-0.1, -0.05) is 52.4 Å². The normalized spacial score (nSPS) is 12.4. The van der Waals surface area contributed by atoms with Gasteiger partial charge in [0, 0.05) is 6.42 Å². The molecule has 1 atom stereocenters. The van der Waals surface area contributed by atoms with Crippen molar-refractivity contribution in [3.05, 3.63) is 0 Å². The maximum absolute atomic E-state index is 11.7. The van der Waals surface area contributed by atoms with Gasteiger partial charge in [-0.2, -0.15) is 0 Å². The van der Waals surface area contributed by atoms with Crippen LogP contribution in [0.5, 0.6) is 0 Å². The van der Waals surface area contributed by atoms with Crippen LogP contribution in [-0.4, -0.2) is 12.1 Å². The smallest absolute Gasteiger partial charge is 0.143 e. The predicted octanol–water partition coefficient (Wildman–Crippen LogP) is 3.92. The average molecular weight is 226 g/mol. The molecule has 2 nitrogen and oxygen atoms in total. The van der Waals surface area contributed by atoms with Gasteiger partial charge in [0.1, 0.15) is 12.1 Å².